The summed E-state index contributed by atoms with van der Waals surface area (Å²) >= 11 is 1.89. The molecule has 1 aromatic carbocycles. The third-order valence-corrected chi connectivity index (χ3v) is 4.87. The van der Waals surface area contributed by atoms with Crippen LogP contribution in [-0.2, 0) is 0 Å². The van der Waals surface area contributed by atoms with Crippen molar-refractivity contribution in [3.63, 3.8) is 0 Å². The molecule has 0 saturated carbocycles. The first-order valence-electron chi connectivity index (χ1n) is 6.75. The van der Waals surface area contributed by atoms with E-state index in [1.54, 1.807) is 0 Å². The first kappa shape index (κ1) is 12.7. The van der Waals surface area contributed by atoms with Gasteiger partial charge < -0.3 is 10.1 Å². The van der Waals surface area contributed by atoms with Crippen LogP contribution in [0.4, 0.5) is 0 Å². The molecule has 0 amide bonds. The summed E-state index contributed by atoms with van der Waals surface area (Å²) in [6, 6.07) is 13.3. The minimum absolute atomic E-state index is 0.378. The summed E-state index contributed by atoms with van der Waals surface area (Å²) in [6.45, 7) is 2.98. The number of fused-ring (bicyclic) bond motifs is 1. The molecule has 1 aliphatic heterocycles. The molecule has 0 bridgehead atoms. The lowest BCUT2D eigenvalue weighted by Gasteiger charge is -2.31. The highest BCUT2D eigenvalue weighted by atomic mass is 32.1. The Hall–Kier alpha value is -1.32. The molecular weight excluding hydrogens is 254 g/mol. The van der Waals surface area contributed by atoms with Crippen molar-refractivity contribution in [2.45, 2.75) is 25.3 Å². The van der Waals surface area contributed by atoms with Crippen molar-refractivity contribution in [2.24, 2.45) is 0 Å². The fourth-order valence-electron chi connectivity index (χ4n) is 2.88. The van der Waals surface area contributed by atoms with Crippen molar-refractivity contribution in [1.82, 2.24) is 5.32 Å². The van der Waals surface area contributed by atoms with Crippen molar-refractivity contribution in [3.8, 4) is 5.75 Å². The normalized spacial score (nSPS) is 19.6. The predicted molar refractivity (Wildman–Crippen MR) is 80.2 cm³/mol. The van der Waals surface area contributed by atoms with E-state index in [-0.39, 0.29) is 0 Å². The standard InChI is InChI=1S/C16H19NOS/c1-11-7-8-15(19-11)16(17-2)13-9-10-18-14-6-4-3-5-12(13)14/h3-8,13,16-17H,9-10H2,1-2H3. The fourth-order valence-corrected chi connectivity index (χ4v) is 3.93. The lowest BCUT2D eigenvalue weighted by Crippen LogP contribution is -2.27. The number of para-hydroxylation sites is 1. The molecule has 0 radical (unpaired) electrons. The fraction of sp³-hybridized carbons (Fsp3) is 0.375. The summed E-state index contributed by atoms with van der Waals surface area (Å²) in [6.07, 6.45) is 1.07. The molecule has 2 heterocycles. The number of rotatable bonds is 3. The molecule has 2 aromatic rings. The van der Waals surface area contributed by atoms with Crippen LogP contribution >= 0.6 is 11.3 Å². The van der Waals surface area contributed by atoms with E-state index in [1.807, 2.05) is 17.4 Å². The quantitative estimate of drug-likeness (QED) is 0.916. The van der Waals surface area contributed by atoms with Crippen molar-refractivity contribution >= 4 is 11.3 Å². The molecule has 1 N–H and O–H groups in total. The number of benzene rings is 1. The molecule has 2 unspecified atom stereocenters. The minimum atomic E-state index is 0.378. The number of thiophene rings is 1. The molecule has 3 rings (SSSR count). The molecule has 1 aromatic heterocycles. The van der Waals surface area contributed by atoms with E-state index >= 15 is 0 Å². The van der Waals surface area contributed by atoms with Gasteiger partial charge in [0.25, 0.3) is 0 Å². The third-order valence-electron chi connectivity index (χ3n) is 3.79. The smallest absolute Gasteiger partial charge is 0.122 e. The lowest BCUT2D eigenvalue weighted by molar-refractivity contribution is 0.249. The molecule has 0 spiro atoms. The predicted octanol–water partition coefficient (Wildman–Crippen LogP) is 3.88. The Balaban J connectivity index is 1.97. The SMILES string of the molecule is CNC(c1ccc(C)s1)C1CCOc2ccccc21. The monoisotopic (exact) mass is 273 g/mol. The topological polar surface area (TPSA) is 21.3 Å². The van der Waals surface area contributed by atoms with Gasteiger partial charge in [-0.2, -0.15) is 0 Å². The van der Waals surface area contributed by atoms with Crippen LogP contribution in [0.5, 0.6) is 5.75 Å². The van der Waals surface area contributed by atoms with Crippen molar-refractivity contribution in [3.05, 3.63) is 51.7 Å². The summed E-state index contributed by atoms with van der Waals surface area (Å²) in [4.78, 5) is 2.79. The van der Waals surface area contributed by atoms with Crippen LogP contribution in [0.15, 0.2) is 36.4 Å². The van der Waals surface area contributed by atoms with E-state index < -0.39 is 0 Å². The van der Waals surface area contributed by atoms with Gasteiger partial charge >= 0.3 is 0 Å². The summed E-state index contributed by atoms with van der Waals surface area (Å²) < 4.78 is 5.77. The minimum Gasteiger partial charge on any atom is -0.493 e. The maximum atomic E-state index is 5.77. The highest BCUT2D eigenvalue weighted by Gasteiger charge is 2.29. The van der Waals surface area contributed by atoms with Gasteiger partial charge in [0, 0.05) is 21.7 Å². The number of aryl methyl sites for hydroxylation is 1. The molecule has 2 nitrogen and oxygen atoms in total. The lowest BCUT2D eigenvalue weighted by atomic mass is 9.86. The third kappa shape index (κ3) is 2.40. The largest absolute Gasteiger partial charge is 0.493 e. The summed E-state index contributed by atoms with van der Waals surface area (Å²) in [7, 11) is 2.05. The molecular formula is C16H19NOS. The van der Waals surface area contributed by atoms with Gasteiger partial charge in [0.05, 0.1) is 6.61 Å². The zero-order valence-corrected chi connectivity index (χ0v) is 12.2. The van der Waals surface area contributed by atoms with Crippen LogP contribution in [0.3, 0.4) is 0 Å². The van der Waals surface area contributed by atoms with Crippen LogP contribution in [0.1, 0.15) is 33.7 Å². The second kappa shape index (κ2) is 5.35. The molecule has 100 valence electrons. The Morgan fingerprint density at radius 2 is 2.11 bits per heavy atom. The zero-order chi connectivity index (χ0) is 13.2. The number of ether oxygens (including phenoxy) is 1. The highest BCUT2D eigenvalue weighted by Crippen LogP contribution is 2.42. The number of nitrogens with one attached hydrogen (secondary N) is 1. The van der Waals surface area contributed by atoms with Gasteiger partial charge in [0.2, 0.25) is 0 Å². The number of hydrogen-bond donors (Lipinski definition) is 1. The molecule has 2 atom stereocenters. The average molecular weight is 273 g/mol. The van der Waals surface area contributed by atoms with E-state index in [2.05, 4.69) is 49.6 Å². The van der Waals surface area contributed by atoms with Crippen molar-refractivity contribution in [2.75, 3.05) is 13.7 Å². The van der Waals surface area contributed by atoms with Crippen LogP contribution in [0, 0.1) is 6.92 Å². The first-order chi connectivity index (χ1) is 9.29. The average Bonchev–Trinajstić information content (AvgIpc) is 2.86. The molecule has 0 aliphatic carbocycles. The molecule has 19 heavy (non-hydrogen) atoms. The summed E-state index contributed by atoms with van der Waals surface area (Å²) in [5.41, 5.74) is 1.33. The Morgan fingerprint density at radius 3 is 2.84 bits per heavy atom. The Bertz CT molecular complexity index is 563. The second-order valence-electron chi connectivity index (χ2n) is 5.00. The Morgan fingerprint density at radius 1 is 1.26 bits per heavy atom. The summed E-state index contributed by atoms with van der Waals surface area (Å²) in [5, 5.41) is 3.50. The van der Waals surface area contributed by atoms with Gasteiger partial charge in [-0.1, -0.05) is 18.2 Å². The highest BCUT2D eigenvalue weighted by molar-refractivity contribution is 7.12. The van der Waals surface area contributed by atoms with E-state index in [0.29, 0.717) is 12.0 Å². The first-order valence-corrected chi connectivity index (χ1v) is 7.56. The van der Waals surface area contributed by atoms with Gasteiger partial charge in [-0.25, -0.2) is 0 Å². The van der Waals surface area contributed by atoms with E-state index in [0.717, 1.165) is 18.8 Å². The van der Waals surface area contributed by atoms with Gasteiger partial charge in [-0.3, -0.25) is 0 Å². The second-order valence-corrected chi connectivity index (χ2v) is 6.32. The molecule has 1 aliphatic rings. The van der Waals surface area contributed by atoms with E-state index in [4.69, 9.17) is 4.74 Å². The number of hydrogen-bond acceptors (Lipinski definition) is 3. The van der Waals surface area contributed by atoms with Crippen LogP contribution < -0.4 is 10.1 Å². The van der Waals surface area contributed by atoms with Gasteiger partial charge in [0.15, 0.2) is 0 Å². The molecule has 3 heteroatoms. The van der Waals surface area contributed by atoms with Gasteiger partial charge in [-0.05, 0) is 44.2 Å². The van der Waals surface area contributed by atoms with Gasteiger partial charge in [-0.15, -0.1) is 11.3 Å². The zero-order valence-electron chi connectivity index (χ0n) is 11.3. The van der Waals surface area contributed by atoms with E-state index in [9.17, 15) is 0 Å². The van der Waals surface area contributed by atoms with Crippen LogP contribution in [0.25, 0.3) is 0 Å². The van der Waals surface area contributed by atoms with Crippen LogP contribution in [-0.4, -0.2) is 13.7 Å². The number of likely N-dealkylation sites (N-methyl/N-ethyl adjacent to an activating group) is 1. The maximum absolute atomic E-state index is 5.77. The summed E-state index contributed by atoms with van der Waals surface area (Å²) in [5.74, 6) is 1.54. The van der Waals surface area contributed by atoms with E-state index in [1.165, 1.54) is 15.3 Å². The Kier molecular flexibility index (Phi) is 3.58. The van der Waals surface area contributed by atoms with Crippen molar-refractivity contribution < 1.29 is 4.74 Å². The molecule has 0 saturated heterocycles. The Labute approximate surface area is 118 Å². The van der Waals surface area contributed by atoms with Crippen molar-refractivity contribution in [1.29, 1.82) is 0 Å². The van der Waals surface area contributed by atoms with Crippen LogP contribution in [0.2, 0.25) is 0 Å². The maximum Gasteiger partial charge on any atom is 0.122 e. The molecule has 0 fully saturated rings. The van der Waals surface area contributed by atoms with Gasteiger partial charge in [0.1, 0.15) is 5.75 Å².